The van der Waals surface area contributed by atoms with Crippen LogP contribution in [0.15, 0.2) is 53.4 Å². The van der Waals surface area contributed by atoms with Crippen LogP contribution < -0.4 is 10.2 Å². The fraction of sp³-hybridized carbons (Fsp3) is 0.292. The van der Waals surface area contributed by atoms with Crippen LogP contribution in [0.25, 0.3) is 6.08 Å². The van der Waals surface area contributed by atoms with E-state index in [4.69, 9.17) is 4.74 Å². The Bertz CT molecular complexity index is 1060. The van der Waals surface area contributed by atoms with E-state index in [1.54, 1.807) is 6.08 Å². The molecule has 0 atom stereocenters. The number of thioether (sulfide) groups is 1. The van der Waals surface area contributed by atoms with Crippen molar-refractivity contribution in [3.63, 3.8) is 0 Å². The van der Waals surface area contributed by atoms with Crippen molar-refractivity contribution < 1.29 is 19.1 Å². The fourth-order valence-corrected chi connectivity index (χ4v) is 4.55. The van der Waals surface area contributed by atoms with Crippen molar-refractivity contribution in [1.82, 2.24) is 4.90 Å². The molecule has 4 rings (SSSR count). The van der Waals surface area contributed by atoms with Gasteiger partial charge in [0, 0.05) is 26.1 Å². The number of nitrogens with zero attached hydrogens (tertiary/aromatic N) is 2. The highest BCUT2D eigenvalue weighted by Crippen LogP contribution is 2.32. The van der Waals surface area contributed by atoms with Crippen LogP contribution in [0.5, 0.6) is 0 Å². The Hall–Kier alpha value is -3.10. The monoisotopic (exact) mass is 451 g/mol. The molecule has 2 heterocycles. The number of carbonyl (C=O) groups is 3. The Morgan fingerprint density at radius 2 is 1.91 bits per heavy atom. The molecule has 0 saturated carbocycles. The first-order valence-corrected chi connectivity index (χ1v) is 11.4. The number of ether oxygens (including phenoxy) is 1. The third-order valence-electron chi connectivity index (χ3n) is 5.31. The highest BCUT2D eigenvalue weighted by Gasteiger charge is 2.35. The van der Waals surface area contributed by atoms with Gasteiger partial charge < -0.3 is 15.0 Å². The molecule has 0 aliphatic carbocycles. The van der Waals surface area contributed by atoms with Crippen LogP contribution in [-0.2, 0) is 14.3 Å². The molecule has 8 heteroatoms. The summed E-state index contributed by atoms with van der Waals surface area (Å²) in [6.45, 7) is 4.84. The van der Waals surface area contributed by atoms with Gasteiger partial charge in [-0.05, 0) is 42.5 Å². The molecule has 0 unspecified atom stereocenters. The van der Waals surface area contributed by atoms with Gasteiger partial charge in [0.15, 0.2) is 0 Å². The second kappa shape index (κ2) is 10.0. The molecule has 0 spiro atoms. The molecule has 0 aromatic heterocycles. The summed E-state index contributed by atoms with van der Waals surface area (Å²) >= 11 is 0.908. The quantitative estimate of drug-likeness (QED) is 0.671. The van der Waals surface area contributed by atoms with E-state index in [1.807, 2.05) is 55.5 Å². The summed E-state index contributed by atoms with van der Waals surface area (Å²) in [7, 11) is 0. The van der Waals surface area contributed by atoms with E-state index >= 15 is 0 Å². The van der Waals surface area contributed by atoms with Gasteiger partial charge >= 0.3 is 0 Å². The number of carbonyl (C=O) groups excluding carboxylic acids is 3. The van der Waals surface area contributed by atoms with Crippen molar-refractivity contribution >= 4 is 46.3 Å². The highest BCUT2D eigenvalue weighted by atomic mass is 32.2. The van der Waals surface area contributed by atoms with Gasteiger partial charge in [0.05, 0.1) is 29.5 Å². The SMILES string of the molecule is Cc1cccc(C=C2SC(=O)N(CCC(=O)Nc3ccccc3N3CCOCC3)C2=O)c1. The average molecular weight is 452 g/mol. The first-order valence-electron chi connectivity index (χ1n) is 10.5. The molecular weight excluding hydrogens is 426 g/mol. The predicted molar refractivity (Wildman–Crippen MR) is 127 cm³/mol. The molecule has 2 aliphatic rings. The number of aryl methyl sites for hydroxylation is 1. The first-order chi connectivity index (χ1) is 15.5. The zero-order chi connectivity index (χ0) is 22.5. The smallest absolute Gasteiger partial charge is 0.293 e. The number of amides is 3. The number of morpholine rings is 1. The molecule has 7 nitrogen and oxygen atoms in total. The maximum Gasteiger partial charge on any atom is 0.293 e. The number of para-hydroxylation sites is 2. The molecule has 1 N–H and O–H groups in total. The summed E-state index contributed by atoms with van der Waals surface area (Å²) < 4.78 is 5.40. The maximum absolute atomic E-state index is 12.7. The largest absolute Gasteiger partial charge is 0.378 e. The van der Waals surface area contributed by atoms with Crippen LogP contribution in [0, 0.1) is 6.92 Å². The zero-order valence-corrected chi connectivity index (χ0v) is 18.7. The number of hydrogen-bond acceptors (Lipinski definition) is 6. The second-order valence-electron chi connectivity index (χ2n) is 7.66. The molecule has 2 aliphatic heterocycles. The number of benzene rings is 2. The van der Waals surface area contributed by atoms with Crippen LogP contribution in [0.4, 0.5) is 16.2 Å². The van der Waals surface area contributed by atoms with Crippen LogP contribution in [0.2, 0.25) is 0 Å². The van der Waals surface area contributed by atoms with E-state index in [1.165, 1.54) is 0 Å². The minimum Gasteiger partial charge on any atom is -0.378 e. The number of hydrogen-bond donors (Lipinski definition) is 1. The Balaban J connectivity index is 1.37. The van der Waals surface area contributed by atoms with Crippen LogP contribution >= 0.6 is 11.8 Å². The van der Waals surface area contributed by atoms with Crippen LogP contribution in [-0.4, -0.2) is 54.8 Å². The van der Waals surface area contributed by atoms with Crippen molar-refractivity contribution in [2.45, 2.75) is 13.3 Å². The number of imide groups is 1. The number of nitrogens with one attached hydrogen (secondary N) is 1. The van der Waals surface area contributed by atoms with Crippen molar-refractivity contribution in [2.75, 3.05) is 43.1 Å². The number of anilines is 2. The van der Waals surface area contributed by atoms with Crippen molar-refractivity contribution in [2.24, 2.45) is 0 Å². The molecule has 166 valence electrons. The Morgan fingerprint density at radius 3 is 2.69 bits per heavy atom. The van der Waals surface area contributed by atoms with Gasteiger partial charge in [0.2, 0.25) is 5.91 Å². The molecule has 2 aromatic rings. The summed E-state index contributed by atoms with van der Waals surface area (Å²) in [5, 5.41) is 2.58. The Labute approximate surface area is 191 Å². The third-order valence-corrected chi connectivity index (χ3v) is 6.21. The first kappa shape index (κ1) is 22.1. The molecular formula is C24H25N3O4S. The normalized spacial score (nSPS) is 17.8. The van der Waals surface area contributed by atoms with Gasteiger partial charge in [-0.1, -0.05) is 42.0 Å². The van der Waals surface area contributed by atoms with Crippen molar-refractivity contribution in [3.8, 4) is 0 Å². The molecule has 2 saturated heterocycles. The van der Waals surface area contributed by atoms with Crippen LogP contribution in [0.3, 0.4) is 0 Å². The molecule has 2 aromatic carbocycles. The van der Waals surface area contributed by atoms with Gasteiger partial charge in [-0.15, -0.1) is 0 Å². The summed E-state index contributed by atoms with van der Waals surface area (Å²) in [6, 6.07) is 15.3. The predicted octanol–water partition coefficient (Wildman–Crippen LogP) is 3.90. The minimum absolute atomic E-state index is 0.0349. The summed E-state index contributed by atoms with van der Waals surface area (Å²) in [5.41, 5.74) is 3.60. The van der Waals surface area contributed by atoms with Gasteiger partial charge in [0.1, 0.15) is 0 Å². The van der Waals surface area contributed by atoms with E-state index in [9.17, 15) is 14.4 Å². The van der Waals surface area contributed by atoms with Crippen molar-refractivity contribution in [1.29, 1.82) is 0 Å². The summed E-state index contributed by atoms with van der Waals surface area (Å²) in [6.07, 6.45) is 1.75. The number of rotatable bonds is 6. The van der Waals surface area contributed by atoms with E-state index < -0.39 is 0 Å². The van der Waals surface area contributed by atoms with Gasteiger partial charge in [-0.25, -0.2) is 0 Å². The van der Waals surface area contributed by atoms with E-state index in [0.717, 1.165) is 46.6 Å². The molecule has 2 fully saturated rings. The lowest BCUT2D eigenvalue weighted by Crippen LogP contribution is -2.37. The summed E-state index contributed by atoms with van der Waals surface area (Å²) in [5.74, 6) is -0.601. The average Bonchev–Trinajstić information content (AvgIpc) is 3.05. The van der Waals surface area contributed by atoms with E-state index in [-0.39, 0.29) is 30.0 Å². The lowest BCUT2D eigenvalue weighted by Gasteiger charge is -2.30. The highest BCUT2D eigenvalue weighted by molar-refractivity contribution is 8.18. The van der Waals surface area contributed by atoms with Gasteiger partial charge in [-0.2, -0.15) is 0 Å². The van der Waals surface area contributed by atoms with E-state index in [2.05, 4.69) is 10.2 Å². The van der Waals surface area contributed by atoms with Gasteiger partial charge in [-0.3, -0.25) is 19.3 Å². The standard InChI is InChI=1S/C24H25N3O4S/c1-17-5-4-6-18(15-17)16-21-23(29)27(24(30)32-21)10-9-22(28)25-19-7-2-3-8-20(19)26-11-13-31-14-12-26/h2-8,15-16H,9-14H2,1H3,(H,25,28). The second-order valence-corrected chi connectivity index (χ2v) is 8.66. The topological polar surface area (TPSA) is 79.0 Å². The molecule has 0 bridgehead atoms. The molecule has 32 heavy (non-hydrogen) atoms. The van der Waals surface area contributed by atoms with Crippen LogP contribution in [0.1, 0.15) is 17.5 Å². The fourth-order valence-electron chi connectivity index (χ4n) is 3.69. The van der Waals surface area contributed by atoms with E-state index in [0.29, 0.717) is 23.8 Å². The van der Waals surface area contributed by atoms with Gasteiger partial charge in [0.25, 0.3) is 11.1 Å². The zero-order valence-electron chi connectivity index (χ0n) is 17.9. The molecule has 3 amide bonds. The Morgan fingerprint density at radius 1 is 1.12 bits per heavy atom. The third kappa shape index (κ3) is 5.20. The summed E-state index contributed by atoms with van der Waals surface area (Å²) in [4.78, 5) is 41.4. The van der Waals surface area contributed by atoms with Crippen molar-refractivity contribution in [3.05, 3.63) is 64.6 Å². The Kier molecular flexibility index (Phi) is 6.92. The maximum atomic E-state index is 12.7. The lowest BCUT2D eigenvalue weighted by atomic mass is 10.1. The lowest BCUT2D eigenvalue weighted by molar-refractivity contribution is -0.123. The minimum atomic E-state index is -0.358. The molecule has 0 radical (unpaired) electrons.